The second-order valence-corrected chi connectivity index (χ2v) is 7.84. The van der Waals surface area contributed by atoms with Crippen LogP contribution in [0.25, 0.3) is 10.6 Å². The van der Waals surface area contributed by atoms with Gasteiger partial charge in [-0.05, 0) is 52.7 Å². The van der Waals surface area contributed by atoms with Gasteiger partial charge < -0.3 is 10.1 Å². The molecule has 0 fully saturated rings. The lowest BCUT2D eigenvalue weighted by Crippen LogP contribution is -2.23. The second kappa shape index (κ2) is 9.82. The molecule has 0 saturated carbocycles. The third-order valence-electron chi connectivity index (χ3n) is 3.63. The van der Waals surface area contributed by atoms with Crippen molar-refractivity contribution in [2.45, 2.75) is 19.4 Å². The van der Waals surface area contributed by atoms with Crippen molar-refractivity contribution in [3.8, 4) is 16.3 Å². The SMILES string of the molecule is O=C(CCCOc1ccc(Cl)cc1Br)NCc1csc(-c2cccnc2)n1. The molecule has 1 N–H and O–H groups in total. The Kier molecular flexibility index (Phi) is 7.20. The van der Waals surface area contributed by atoms with Crippen LogP contribution in [-0.2, 0) is 11.3 Å². The molecule has 0 atom stereocenters. The molecule has 0 aliphatic heterocycles. The molecule has 0 saturated heterocycles. The predicted octanol–water partition coefficient (Wildman–Crippen LogP) is 5.10. The molecule has 0 unspecified atom stereocenters. The Balaban J connectivity index is 1.38. The Morgan fingerprint density at radius 3 is 3.00 bits per heavy atom. The van der Waals surface area contributed by atoms with E-state index >= 15 is 0 Å². The van der Waals surface area contributed by atoms with Crippen LogP contribution in [0.3, 0.4) is 0 Å². The highest BCUT2D eigenvalue weighted by molar-refractivity contribution is 9.10. The maximum atomic E-state index is 12.0. The van der Waals surface area contributed by atoms with Crippen LogP contribution in [-0.4, -0.2) is 22.5 Å². The minimum Gasteiger partial charge on any atom is -0.492 e. The highest BCUT2D eigenvalue weighted by Crippen LogP contribution is 2.28. The molecule has 0 aliphatic rings. The van der Waals surface area contributed by atoms with Gasteiger partial charge in [-0.2, -0.15) is 0 Å². The van der Waals surface area contributed by atoms with E-state index in [1.54, 1.807) is 30.6 Å². The van der Waals surface area contributed by atoms with Gasteiger partial charge >= 0.3 is 0 Å². The summed E-state index contributed by atoms with van der Waals surface area (Å²) in [6.07, 6.45) is 4.53. The number of hydrogen-bond donors (Lipinski definition) is 1. The van der Waals surface area contributed by atoms with Crippen molar-refractivity contribution in [2.75, 3.05) is 6.61 Å². The Morgan fingerprint density at radius 1 is 1.33 bits per heavy atom. The summed E-state index contributed by atoms with van der Waals surface area (Å²) in [5, 5.41) is 6.38. The largest absolute Gasteiger partial charge is 0.492 e. The molecule has 0 spiro atoms. The quantitative estimate of drug-likeness (QED) is 0.469. The number of amides is 1. The molecule has 2 heterocycles. The molecule has 3 aromatic rings. The average molecular weight is 467 g/mol. The van der Waals surface area contributed by atoms with Gasteiger partial charge in [-0.25, -0.2) is 4.98 Å². The normalized spacial score (nSPS) is 10.6. The van der Waals surface area contributed by atoms with Gasteiger partial charge in [0.1, 0.15) is 10.8 Å². The fourth-order valence-corrected chi connectivity index (χ4v) is 3.90. The first-order valence-electron chi connectivity index (χ1n) is 8.31. The zero-order valence-corrected chi connectivity index (χ0v) is 17.5. The smallest absolute Gasteiger partial charge is 0.220 e. The van der Waals surface area contributed by atoms with Crippen molar-refractivity contribution >= 4 is 44.8 Å². The Labute approximate surface area is 174 Å². The maximum Gasteiger partial charge on any atom is 0.220 e. The minimum absolute atomic E-state index is 0.0234. The molecular weight excluding hydrogens is 450 g/mol. The van der Waals surface area contributed by atoms with Crippen molar-refractivity contribution in [3.05, 3.63) is 63.3 Å². The molecule has 27 heavy (non-hydrogen) atoms. The van der Waals surface area contributed by atoms with Crippen molar-refractivity contribution < 1.29 is 9.53 Å². The molecule has 1 amide bonds. The molecule has 1 aromatic carbocycles. The molecule has 3 rings (SSSR count). The van der Waals surface area contributed by atoms with Gasteiger partial charge in [0.15, 0.2) is 0 Å². The number of carbonyl (C=O) groups is 1. The van der Waals surface area contributed by atoms with Crippen LogP contribution in [0.2, 0.25) is 5.02 Å². The molecule has 2 aromatic heterocycles. The van der Waals surface area contributed by atoms with E-state index in [1.807, 2.05) is 17.5 Å². The molecule has 0 bridgehead atoms. The lowest BCUT2D eigenvalue weighted by atomic mass is 10.3. The van der Waals surface area contributed by atoms with Crippen molar-refractivity contribution in [3.63, 3.8) is 0 Å². The first kappa shape index (κ1) is 19.8. The summed E-state index contributed by atoms with van der Waals surface area (Å²) < 4.78 is 6.45. The Bertz CT molecular complexity index is 905. The summed E-state index contributed by atoms with van der Waals surface area (Å²) >= 11 is 10.8. The fourth-order valence-electron chi connectivity index (χ4n) is 2.29. The Morgan fingerprint density at radius 2 is 2.22 bits per heavy atom. The Hall–Kier alpha value is -1.96. The van der Waals surface area contributed by atoms with E-state index in [9.17, 15) is 4.79 Å². The van der Waals surface area contributed by atoms with Gasteiger partial charge in [-0.15, -0.1) is 11.3 Å². The highest BCUT2D eigenvalue weighted by Gasteiger charge is 2.07. The third kappa shape index (κ3) is 6.02. The molecule has 140 valence electrons. The monoisotopic (exact) mass is 465 g/mol. The van der Waals surface area contributed by atoms with E-state index in [4.69, 9.17) is 16.3 Å². The predicted molar refractivity (Wildman–Crippen MR) is 111 cm³/mol. The zero-order chi connectivity index (χ0) is 19.1. The van der Waals surface area contributed by atoms with E-state index in [0.29, 0.717) is 36.8 Å². The zero-order valence-electron chi connectivity index (χ0n) is 14.3. The first-order valence-corrected chi connectivity index (χ1v) is 10.4. The summed E-state index contributed by atoms with van der Waals surface area (Å²) in [5.74, 6) is 0.690. The molecule has 8 heteroatoms. The van der Waals surface area contributed by atoms with Gasteiger partial charge in [0.05, 0.1) is 23.3 Å². The number of thiazole rings is 1. The fraction of sp³-hybridized carbons (Fsp3) is 0.211. The summed E-state index contributed by atoms with van der Waals surface area (Å²) in [4.78, 5) is 20.6. The number of aromatic nitrogens is 2. The highest BCUT2D eigenvalue weighted by atomic mass is 79.9. The molecular formula is C19H17BrClN3O2S. The van der Waals surface area contributed by atoms with Crippen LogP contribution in [0.15, 0.2) is 52.6 Å². The summed E-state index contributed by atoms with van der Waals surface area (Å²) in [5.41, 5.74) is 1.82. The number of nitrogens with zero attached hydrogens (tertiary/aromatic N) is 2. The van der Waals surface area contributed by atoms with Gasteiger partial charge in [0.2, 0.25) is 5.91 Å². The summed E-state index contributed by atoms with van der Waals surface area (Å²) in [6, 6.07) is 9.18. The molecule has 5 nitrogen and oxygen atoms in total. The summed E-state index contributed by atoms with van der Waals surface area (Å²) in [7, 11) is 0. The lowest BCUT2D eigenvalue weighted by Gasteiger charge is -2.08. The minimum atomic E-state index is -0.0234. The van der Waals surface area contributed by atoms with Crippen molar-refractivity contribution in [1.82, 2.24) is 15.3 Å². The number of ether oxygens (including phenoxy) is 1. The van der Waals surface area contributed by atoms with E-state index < -0.39 is 0 Å². The van der Waals surface area contributed by atoms with E-state index in [2.05, 4.69) is 31.2 Å². The van der Waals surface area contributed by atoms with Crippen LogP contribution in [0.4, 0.5) is 0 Å². The van der Waals surface area contributed by atoms with Crippen molar-refractivity contribution in [2.24, 2.45) is 0 Å². The van der Waals surface area contributed by atoms with Crippen LogP contribution in [0.5, 0.6) is 5.75 Å². The summed E-state index contributed by atoms with van der Waals surface area (Å²) in [6.45, 7) is 0.870. The second-order valence-electron chi connectivity index (χ2n) is 5.69. The van der Waals surface area contributed by atoms with Gasteiger partial charge in [-0.3, -0.25) is 9.78 Å². The van der Waals surface area contributed by atoms with E-state index in [1.165, 1.54) is 11.3 Å². The van der Waals surface area contributed by atoms with Gasteiger partial charge in [0, 0.05) is 34.8 Å². The van der Waals surface area contributed by atoms with E-state index in [-0.39, 0.29) is 5.91 Å². The molecule has 0 aliphatic carbocycles. The number of benzene rings is 1. The number of hydrogen-bond acceptors (Lipinski definition) is 5. The number of halogens is 2. The van der Waals surface area contributed by atoms with E-state index in [0.717, 1.165) is 20.7 Å². The number of carbonyl (C=O) groups excluding carboxylic acids is 1. The standard InChI is InChI=1S/C19H17BrClN3O2S/c20-16-9-14(21)5-6-17(16)26-8-2-4-18(25)23-11-15-12-27-19(24-15)13-3-1-7-22-10-13/h1,3,5-7,9-10,12H,2,4,8,11H2,(H,23,25). The number of rotatable bonds is 8. The van der Waals surface area contributed by atoms with Crippen LogP contribution < -0.4 is 10.1 Å². The van der Waals surface area contributed by atoms with Crippen LogP contribution in [0.1, 0.15) is 18.5 Å². The number of pyridine rings is 1. The van der Waals surface area contributed by atoms with Gasteiger partial charge in [-0.1, -0.05) is 11.6 Å². The van der Waals surface area contributed by atoms with Crippen molar-refractivity contribution in [1.29, 1.82) is 0 Å². The maximum absolute atomic E-state index is 12.0. The van der Waals surface area contributed by atoms with Crippen LogP contribution in [0, 0.1) is 0 Å². The topological polar surface area (TPSA) is 64.1 Å². The lowest BCUT2D eigenvalue weighted by molar-refractivity contribution is -0.121. The third-order valence-corrected chi connectivity index (χ3v) is 5.42. The van der Waals surface area contributed by atoms with Gasteiger partial charge in [0.25, 0.3) is 0 Å². The average Bonchev–Trinajstić information content (AvgIpc) is 3.15. The molecule has 0 radical (unpaired) electrons. The number of nitrogens with one attached hydrogen (secondary N) is 1. The first-order chi connectivity index (χ1) is 13.1. The van der Waals surface area contributed by atoms with Crippen LogP contribution >= 0.6 is 38.9 Å².